The first-order valence-corrected chi connectivity index (χ1v) is 6.74. The molecular weight excluding hydrogens is 296 g/mol. The molecule has 0 bridgehead atoms. The second kappa shape index (κ2) is 6.75. The van der Waals surface area contributed by atoms with Gasteiger partial charge in [-0.15, -0.1) is 0 Å². The minimum absolute atomic E-state index is 0.0791. The van der Waals surface area contributed by atoms with Gasteiger partial charge in [0.1, 0.15) is 0 Å². The van der Waals surface area contributed by atoms with E-state index in [1.54, 1.807) is 6.07 Å². The highest BCUT2D eigenvalue weighted by Crippen LogP contribution is 2.21. The molecule has 100 valence electrons. The quantitative estimate of drug-likeness (QED) is 0.782. The fraction of sp³-hybridized carbons (Fsp3) is 0.462. The van der Waals surface area contributed by atoms with Gasteiger partial charge in [-0.25, -0.2) is 4.79 Å². The van der Waals surface area contributed by atoms with E-state index in [1.807, 2.05) is 32.0 Å². The predicted molar refractivity (Wildman–Crippen MR) is 76.7 cm³/mol. The first-order chi connectivity index (χ1) is 8.50. The summed E-state index contributed by atoms with van der Waals surface area (Å²) in [6.45, 7) is 3.77. The molecule has 0 fully saturated rings. The smallest absolute Gasteiger partial charge is 0.319 e. The standard InChI is InChI=1S/C13H19BrN2O2/c1-3-8-13(2,9-17)16-12(18)15-11-7-5-4-6-10(11)14/h4-7,17H,3,8-9H2,1-2H3,(H2,15,16,18). The molecule has 0 aliphatic rings. The highest BCUT2D eigenvalue weighted by molar-refractivity contribution is 9.10. The Morgan fingerprint density at radius 3 is 2.67 bits per heavy atom. The Bertz CT molecular complexity index is 412. The number of rotatable bonds is 5. The van der Waals surface area contributed by atoms with Gasteiger partial charge in [-0.2, -0.15) is 0 Å². The van der Waals surface area contributed by atoms with Crippen LogP contribution in [0.2, 0.25) is 0 Å². The SMILES string of the molecule is CCCC(C)(CO)NC(=O)Nc1ccccc1Br. The molecule has 1 atom stereocenters. The molecule has 1 unspecified atom stereocenters. The first kappa shape index (κ1) is 15.0. The van der Waals surface area contributed by atoms with E-state index in [2.05, 4.69) is 26.6 Å². The molecule has 18 heavy (non-hydrogen) atoms. The van der Waals surface area contributed by atoms with Crippen LogP contribution in [0.1, 0.15) is 26.7 Å². The van der Waals surface area contributed by atoms with Crippen LogP contribution in [-0.4, -0.2) is 23.3 Å². The fourth-order valence-corrected chi connectivity index (χ4v) is 2.11. The van der Waals surface area contributed by atoms with Crippen LogP contribution in [0.5, 0.6) is 0 Å². The van der Waals surface area contributed by atoms with Crippen molar-refractivity contribution in [1.29, 1.82) is 0 Å². The number of urea groups is 1. The van der Waals surface area contributed by atoms with Crippen molar-refractivity contribution in [2.24, 2.45) is 0 Å². The maximum Gasteiger partial charge on any atom is 0.319 e. The third kappa shape index (κ3) is 4.31. The second-order valence-corrected chi connectivity index (χ2v) is 5.38. The number of benzene rings is 1. The van der Waals surface area contributed by atoms with Crippen LogP contribution in [0.3, 0.4) is 0 Å². The molecule has 3 N–H and O–H groups in total. The van der Waals surface area contributed by atoms with E-state index in [0.717, 1.165) is 17.3 Å². The van der Waals surface area contributed by atoms with Gasteiger partial charge >= 0.3 is 6.03 Å². The van der Waals surface area contributed by atoms with Crippen molar-refractivity contribution in [3.05, 3.63) is 28.7 Å². The highest BCUT2D eigenvalue weighted by Gasteiger charge is 2.24. The van der Waals surface area contributed by atoms with Crippen LogP contribution in [0.25, 0.3) is 0 Å². The van der Waals surface area contributed by atoms with E-state index >= 15 is 0 Å². The van der Waals surface area contributed by atoms with Crippen LogP contribution < -0.4 is 10.6 Å². The van der Waals surface area contributed by atoms with Gasteiger partial charge in [0.25, 0.3) is 0 Å². The second-order valence-electron chi connectivity index (χ2n) is 4.53. The normalized spacial score (nSPS) is 13.8. The van der Waals surface area contributed by atoms with Gasteiger partial charge in [0.05, 0.1) is 17.8 Å². The van der Waals surface area contributed by atoms with Gasteiger partial charge in [-0.05, 0) is 41.4 Å². The monoisotopic (exact) mass is 314 g/mol. The van der Waals surface area contributed by atoms with Crippen molar-refractivity contribution in [3.8, 4) is 0 Å². The molecule has 0 aliphatic carbocycles. The number of hydrogen-bond donors (Lipinski definition) is 3. The van der Waals surface area contributed by atoms with Crippen molar-refractivity contribution in [1.82, 2.24) is 5.32 Å². The average molecular weight is 315 g/mol. The summed E-state index contributed by atoms with van der Waals surface area (Å²) in [6.07, 6.45) is 1.62. The number of aliphatic hydroxyl groups excluding tert-OH is 1. The lowest BCUT2D eigenvalue weighted by molar-refractivity contribution is 0.167. The minimum Gasteiger partial charge on any atom is -0.394 e. The first-order valence-electron chi connectivity index (χ1n) is 5.95. The zero-order valence-corrected chi connectivity index (χ0v) is 12.3. The number of nitrogens with one attached hydrogen (secondary N) is 2. The maximum absolute atomic E-state index is 11.9. The number of hydrogen-bond acceptors (Lipinski definition) is 2. The molecule has 0 aliphatic heterocycles. The van der Waals surface area contributed by atoms with E-state index in [-0.39, 0.29) is 12.6 Å². The Labute approximate surface area is 116 Å². The fourth-order valence-electron chi connectivity index (χ4n) is 1.72. The molecular formula is C13H19BrN2O2. The highest BCUT2D eigenvalue weighted by atomic mass is 79.9. The molecule has 1 aromatic carbocycles. The van der Waals surface area contributed by atoms with Crippen molar-refractivity contribution in [2.45, 2.75) is 32.2 Å². The van der Waals surface area contributed by atoms with Crippen LogP contribution in [0.15, 0.2) is 28.7 Å². The van der Waals surface area contributed by atoms with Crippen molar-refractivity contribution in [3.63, 3.8) is 0 Å². The molecule has 0 heterocycles. The zero-order chi connectivity index (χ0) is 13.6. The molecule has 0 saturated carbocycles. The summed E-state index contributed by atoms with van der Waals surface area (Å²) >= 11 is 3.36. The summed E-state index contributed by atoms with van der Waals surface area (Å²) in [7, 11) is 0. The predicted octanol–water partition coefficient (Wildman–Crippen LogP) is 3.12. The largest absolute Gasteiger partial charge is 0.394 e. The molecule has 0 spiro atoms. The van der Waals surface area contributed by atoms with E-state index in [0.29, 0.717) is 5.69 Å². The average Bonchev–Trinajstić information content (AvgIpc) is 2.32. The Morgan fingerprint density at radius 2 is 2.11 bits per heavy atom. The minimum atomic E-state index is -0.583. The molecule has 0 radical (unpaired) electrons. The number of halogens is 1. The lowest BCUT2D eigenvalue weighted by atomic mass is 9.98. The number of anilines is 1. The number of para-hydroxylation sites is 1. The molecule has 5 heteroatoms. The van der Waals surface area contributed by atoms with Crippen LogP contribution in [0, 0.1) is 0 Å². The van der Waals surface area contributed by atoms with E-state index in [4.69, 9.17) is 0 Å². The summed E-state index contributed by atoms with van der Waals surface area (Å²) in [6, 6.07) is 7.07. The van der Waals surface area contributed by atoms with Gasteiger partial charge in [0.2, 0.25) is 0 Å². The van der Waals surface area contributed by atoms with Crippen molar-refractivity contribution < 1.29 is 9.90 Å². The summed E-state index contributed by atoms with van der Waals surface area (Å²) < 4.78 is 0.821. The lowest BCUT2D eigenvalue weighted by Crippen LogP contribution is -2.50. The number of carbonyl (C=O) groups excluding carboxylic acids is 1. The van der Waals surface area contributed by atoms with Crippen molar-refractivity contribution >= 4 is 27.6 Å². The van der Waals surface area contributed by atoms with Gasteiger partial charge in [0.15, 0.2) is 0 Å². The van der Waals surface area contributed by atoms with Gasteiger partial charge in [-0.3, -0.25) is 0 Å². The van der Waals surface area contributed by atoms with E-state index < -0.39 is 5.54 Å². The van der Waals surface area contributed by atoms with E-state index in [9.17, 15) is 9.90 Å². The molecule has 1 aromatic rings. The molecule has 0 saturated heterocycles. The summed E-state index contributed by atoms with van der Waals surface area (Å²) in [5.41, 5.74) is 0.117. The van der Waals surface area contributed by atoms with Gasteiger partial charge < -0.3 is 15.7 Å². The van der Waals surface area contributed by atoms with E-state index in [1.165, 1.54) is 0 Å². The molecule has 4 nitrogen and oxygen atoms in total. The third-order valence-corrected chi connectivity index (χ3v) is 3.38. The lowest BCUT2D eigenvalue weighted by Gasteiger charge is -2.28. The molecule has 2 amide bonds. The number of carbonyl (C=O) groups is 1. The maximum atomic E-state index is 11.9. The van der Waals surface area contributed by atoms with Crippen LogP contribution >= 0.6 is 15.9 Å². The molecule has 0 aromatic heterocycles. The number of aliphatic hydroxyl groups is 1. The van der Waals surface area contributed by atoms with Gasteiger partial charge in [0, 0.05) is 4.47 Å². The summed E-state index contributed by atoms with van der Waals surface area (Å²) in [4.78, 5) is 11.9. The third-order valence-electron chi connectivity index (χ3n) is 2.69. The topological polar surface area (TPSA) is 61.4 Å². The number of amides is 2. The Morgan fingerprint density at radius 1 is 1.44 bits per heavy atom. The zero-order valence-electron chi connectivity index (χ0n) is 10.7. The van der Waals surface area contributed by atoms with Gasteiger partial charge in [-0.1, -0.05) is 25.5 Å². The molecule has 1 rings (SSSR count). The Balaban J connectivity index is 2.64. The Hall–Kier alpha value is -1.07. The van der Waals surface area contributed by atoms with Crippen LogP contribution in [0.4, 0.5) is 10.5 Å². The Kier molecular flexibility index (Phi) is 5.62. The summed E-state index contributed by atoms with van der Waals surface area (Å²) in [5, 5.41) is 14.9. The summed E-state index contributed by atoms with van der Waals surface area (Å²) in [5.74, 6) is 0. The van der Waals surface area contributed by atoms with Crippen molar-refractivity contribution in [2.75, 3.05) is 11.9 Å². The van der Waals surface area contributed by atoms with Crippen LogP contribution in [-0.2, 0) is 0 Å².